The Balaban J connectivity index is 1.79. The molecule has 2 aliphatic rings. The molecule has 13 heteroatoms. The lowest BCUT2D eigenvalue weighted by atomic mass is 9.97. The Kier molecular flexibility index (Phi) is 8.82. The van der Waals surface area contributed by atoms with Gasteiger partial charge in [-0.3, -0.25) is 4.79 Å². The number of fused-ring (bicyclic) bond motifs is 3. The molecule has 3 heterocycles. The van der Waals surface area contributed by atoms with Crippen molar-refractivity contribution in [2.45, 2.75) is 96.2 Å². The molecule has 0 spiro atoms. The van der Waals surface area contributed by atoms with Gasteiger partial charge in [0.1, 0.15) is 16.8 Å². The number of hydrogen-bond acceptors (Lipinski definition) is 8. The van der Waals surface area contributed by atoms with Crippen molar-refractivity contribution >= 4 is 40.8 Å². The molecule has 2 atom stereocenters. The number of benzene rings is 1. The normalized spacial score (nSPS) is 18.6. The van der Waals surface area contributed by atoms with Gasteiger partial charge in [-0.2, -0.15) is 0 Å². The first-order valence-corrected chi connectivity index (χ1v) is 14.9. The van der Waals surface area contributed by atoms with Crippen LogP contribution in [0.25, 0.3) is 10.9 Å². The van der Waals surface area contributed by atoms with Crippen LogP contribution in [0.5, 0.6) is 0 Å². The first-order chi connectivity index (χ1) is 19.5. The zero-order valence-corrected chi connectivity index (χ0v) is 25.7. The third-order valence-corrected chi connectivity index (χ3v) is 7.81. The summed E-state index contributed by atoms with van der Waals surface area (Å²) in [7, 11) is 0. The number of alkyl carbamates (subject to hydrolysis) is 1. The molecule has 0 aliphatic carbocycles. The number of carbonyl (C=O) groups excluding carboxylic acids is 3. The monoisotopic (exact) mass is 609 g/mol. The first kappa shape index (κ1) is 31.6. The summed E-state index contributed by atoms with van der Waals surface area (Å²) in [5.74, 6) is -2.71. The van der Waals surface area contributed by atoms with Gasteiger partial charge < -0.3 is 29.0 Å². The highest BCUT2D eigenvalue weighted by Crippen LogP contribution is 2.36. The molecule has 0 bridgehead atoms. The number of nitrogens with one attached hydrogen (secondary N) is 1. The Morgan fingerprint density at radius 2 is 1.76 bits per heavy atom. The van der Waals surface area contributed by atoms with Crippen LogP contribution in [0.3, 0.4) is 0 Å². The van der Waals surface area contributed by atoms with E-state index < -0.39 is 58.5 Å². The van der Waals surface area contributed by atoms with Gasteiger partial charge in [0.25, 0.3) is 0 Å². The van der Waals surface area contributed by atoms with Crippen molar-refractivity contribution in [2.24, 2.45) is 0 Å². The smallest absolute Gasteiger partial charge is 0.410 e. The standard InChI is InChI=1S/C29H37F2N3O7S/c1-8-39-25(36)20-23(35)18-13-19(30)21(31)17(22(18)33-9-10-42-24(20)33)12-16-11-15(32-26(37)40-28(2,3)4)14-34(16)27(38)41-29(5,6)7/h13,15-16H,8-12,14H2,1-7H3,(H,32,37)/t15-,16-/m0/s1. The molecule has 230 valence electrons. The molecule has 2 amide bonds. The molecule has 4 rings (SSSR count). The van der Waals surface area contributed by atoms with E-state index in [0.29, 0.717) is 17.3 Å². The molecule has 1 aromatic carbocycles. The zero-order valence-electron chi connectivity index (χ0n) is 24.9. The van der Waals surface area contributed by atoms with Crippen molar-refractivity contribution < 1.29 is 37.4 Å². The van der Waals surface area contributed by atoms with Gasteiger partial charge in [0.15, 0.2) is 11.6 Å². The predicted molar refractivity (Wildman–Crippen MR) is 153 cm³/mol. The second kappa shape index (κ2) is 11.7. The molecule has 0 radical (unpaired) electrons. The van der Waals surface area contributed by atoms with E-state index in [0.717, 1.165) is 6.07 Å². The third kappa shape index (κ3) is 6.66. The molecular formula is C29H37F2N3O7S. The molecule has 2 aliphatic heterocycles. The van der Waals surface area contributed by atoms with Crippen molar-refractivity contribution in [3.05, 3.63) is 39.1 Å². The van der Waals surface area contributed by atoms with Gasteiger partial charge in [0, 0.05) is 30.4 Å². The fourth-order valence-corrected chi connectivity index (χ4v) is 6.38. The fraction of sp³-hybridized carbons (Fsp3) is 0.586. The summed E-state index contributed by atoms with van der Waals surface area (Å²) in [6.07, 6.45) is -1.33. The lowest BCUT2D eigenvalue weighted by molar-refractivity contribution is 0.0218. The molecule has 2 aromatic rings. The Bertz CT molecular complexity index is 1480. The van der Waals surface area contributed by atoms with E-state index >= 15 is 8.78 Å². The molecule has 42 heavy (non-hydrogen) atoms. The SMILES string of the molecule is CCOC(=O)c1c2n(c3c(C[C@@H]4C[C@H](NC(=O)OC(C)(C)C)CN4C(=O)OC(C)(C)C)c(F)c(F)cc3c1=O)CCS2. The maximum absolute atomic E-state index is 15.6. The largest absolute Gasteiger partial charge is 0.462 e. The van der Waals surface area contributed by atoms with E-state index in [1.54, 1.807) is 53.0 Å². The minimum atomic E-state index is -1.25. The number of aryl methyl sites for hydroxylation is 1. The summed E-state index contributed by atoms with van der Waals surface area (Å²) in [4.78, 5) is 53.3. The van der Waals surface area contributed by atoms with E-state index in [9.17, 15) is 19.2 Å². The first-order valence-electron chi connectivity index (χ1n) is 13.9. The van der Waals surface area contributed by atoms with Gasteiger partial charge in [-0.1, -0.05) is 0 Å². The number of halogens is 2. The molecule has 0 unspecified atom stereocenters. The zero-order chi connectivity index (χ0) is 31.1. The second-order valence-corrected chi connectivity index (χ2v) is 13.4. The number of aromatic nitrogens is 1. The number of thioether (sulfide) groups is 1. The summed E-state index contributed by atoms with van der Waals surface area (Å²) in [6, 6.07) is -0.466. The van der Waals surface area contributed by atoms with Crippen molar-refractivity contribution in [2.75, 3.05) is 18.9 Å². The van der Waals surface area contributed by atoms with Crippen molar-refractivity contribution in [3.8, 4) is 0 Å². The number of nitrogens with zero attached hydrogens (tertiary/aromatic N) is 2. The molecule has 0 saturated carbocycles. The van der Waals surface area contributed by atoms with E-state index in [1.807, 2.05) is 0 Å². The highest BCUT2D eigenvalue weighted by atomic mass is 32.2. The lowest BCUT2D eigenvalue weighted by Crippen LogP contribution is -2.43. The summed E-state index contributed by atoms with van der Waals surface area (Å²) >= 11 is 1.26. The van der Waals surface area contributed by atoms with Crippen molar-refractivity contribution in [1.82, 2.24) is 14.8 Å². The average Bonchev–Trinajstić information content (AvgIpc) is 3.47. The second-order valence-electron chi connectivity index (χ2n) is 12.3. The predicted octanol–water partition coefficient (Wildman–Crippen LogP) is 5.01. The Labute approximate surface area is 247 Å². The van der Waals surface area contributed by atoms with Crippen LogP contribution < -0.4 is 10.7 Å². The lowest BCUT2D eigenvalue weighted by Gasteiger charge is -2.29. The van der Waals surface area contributed by atoms with Crippen LogP contribution in [0.2, 0.25) is 0 Å². The fourth-order valence-electron chi connectivity index (χ4n) is 5.25. The Hall–Kier alpha value is -3.35. The quantitative estimate of drug-likeness (QED) is 0.372. The van der Waals surface area contributed by atoms with Gasteiger partial charge in [-0.05, 0) is 67.4 Å². The van der Waals surface area contributed by atoms with Gasteiger partial charge >= 0.3 is 18.2 Å². The Morgan fingerprint density at radius 3 is 2.38 bits per heavy atom. The van der Waals surface area contributed by atoms with Crippen LogP contribution in [0, 0.1) is 11.6 Å². The van der Waals surface area contributed by atoms with Crippen LogP contribution >= 0.6 is 11.8 Å². The number of pyridine rings is 1. The number of amides is 2. The topological polar surface area (TPSA) is 116 Å². The van der Waals surface area contributed by atoms with Gasteiger partial charge in [-0.25, -0.2) is 23.2 Å². The van der Waals surface area contributed by atoms with Gasteiger partial charge in [0.05, 0.1) is 28.6 Å². The number of likely N-dealkylation sites (tertiary alicyclic amines) is 1. The van der Waals surface area contributed by atoms with Crippen molar-refractivity contribution in [3.63, 3.8) is 0 Å². The number of ether oxygens (including phenoxy) is 3. The summed E-state index contributed by atoms with van der Waals surface area (Å²) < 4.78 is 48.4. The number of carbonyl (C=O) groups is 3. The maximum Gasteiger partial charge on any atom is 0.410 e. The summed E-state index contributed by atoms with van der Waals surface area (Å²) in [5.41, 5.74) is -2.46. The Morgan fingerprint density at radius 1 is 1.10 bits per heavy atom. The van der Waals surface area contributed by atoms with Gasteiger partial charge in [0.2, 0.25) is 5.43 Å². The number of esters is 1. The minimum Gasteiger partial charge on any atom is -0.462 e. The van der Waals surface area contributed by atoms with Crippen LogP contribution in [0.4, 0.5) is 18.4 Å². The molecule has 1 fully saturated rings. The number of hydrogen-bond donors (Lipinski definition) is 1. The van der Waals surface area contributed by atoms with Gasteiger partial charge in [-0.15, -0.1) is 11.8 Å². The van der Waals surface area contributed by atoms with Crippen LogP contribution in [-0.4, -0.2) is 69.8 Å². The van der Waals surface area contributed by atoms with Crippen LogP contribution in [-0.2, 0) is 27.2 Å². The summed E-state index contributed by atoms with van der Waals surface area (Å²) in [5, 5.41) is 2.94. The average molecular weight is 610 g/mol. The van der Waals surface area contributed by atoms with Crippen LogP contribution in [0.15, 0.2) is 15.9 Å². The maximum atomic E-state index is 15.6. The summed E-state index contributed by atoms with van der Waals surface area (Å²) in [6.45, 7) is 12.4. The molecular weight excluding hydrogens is 572 g/mol. The highest BCUT2D eigenvalue weighted by Gasteiger charge is 2.40. The van der Waals surface area contributed by atoms with E-state index in [-0.39, 0.29) is 48.0 Å². The van der Waals surface area contributed by atoms with Crippen LogP contribution in [0.1, 0.15) is 70.8 Å². The van der Waals surface area contributed by atoms with E-state index in [2.05, 4.69) is 5.32 Å². The highest BCUT2D eigenvalue weighted by molar-refractivity contribution is 7.99. The minimum absolute atomic E-state index is 0.0458. The van der Waals surface area contributed by atoms with Crippen molar-refractivity contribution in [1.29, 1.82) is 0 Å². The molecule has 1 N–H and O–H groups in total. The molecule has 1 aromatic heterocycles. The number of rotatable bonds is 5. The third-order valence-electron chi connectivity index (χ3n) is 6.72. The molecule has 1 saturated heterocycles. The van der Waals surface area contributed by atoms with E-state index in [4.69, 9.17) is 14.2 Å². The molecule has 10 nitrogen and oxygen atoms in total. The van der Waals surface area contributed by atoms with E-state index in [1.165, 1.54) is 16.7 Å².